The Morgan fingerprint density at radius 2 is 1.42 bits per heavy atom. The molecule has 3 heteroatoms. The van der Waals surface area contributed by atoms with Gasteiger partial charge in [-0.3, -0.25) is 0 Å². The molecule has 0 bridgehead atoms. The van der Waals surface area contributed by atoms with Gasteiger partial charge in [-0.25, -0.2) is 0 Å². The molecule has 0 spiro atoms. The molecule has 0 saturated heterocycles. The molecule has 0 heterocycles. The van der Waals surface area contributed by atoms with E-state index in [1.54, 1.807) is 8.35 Å². The van der Waals surface area contributed by atoms with E-state index in [0.717, 1.165) is 3.67 Å². The number of nitrogens with zero attached hydrogens (tertiary/aromatic N) is 2. The zero-order valence-corrected chi connectivity index (χ0v) is 17.9. The Hall–Kier alpha value is 0.790. The molecule has 19 heavy (non-hydrogen) atoms. The molecule has 0 atom stereocenters. The van der Waals surface area contributed by atoms with E-state index in [1.807, 2.05) is 0 Å². The predicted molar refractivity (Wildman–Crippen MR) is 90.6 cm³/mol. The normalized spacial score (nSPS) is 12.2. The van der Waals surface area contributed by atoms with Crippen LogP contribution in [0, 0.1) is 0 Å². The van der Waals surface area contributed by atoms with E-state index in [-0.39, 0.29) is 0 Å². The van der Waals surface area contributed by atoms with Gasteiger partial charge in [-0.2, -0.15) is 0 Å². The molecular weight excluding hydrogens is 335 g/mol. The Labute approximate surface area is 130 Å². The second-order valence-electron chi connectivity index (χ2n) is 6.76. The minimum atomic E-state index is -1.25. The van der Waals surface area contributed by atoms with Crippen molar-refractivity contribution in [1.82, 2.24) is 9.80 Å². The molecule has 0 amide bonds. The van der Waals surface area contributed by atoms with Gasteiger partial charge in [-0.05, 0) is 0 Å². The average Bonchev–Trinajstić information content (AvgIpc) is 2.35. The third kappa shape index (κ3) is 10.2. The maximum atomic E-state index is 2.49. The first-order valence-electron chi connectivity index (χ1n) is 8.27. The summed E-state index contributed by atoms with van der Waals surface area (Å²) in [7, 11) is 4.51. The molecule has 0 saturated carbocycles. The minimum absolute atomic E-state index is 0.700. The first-order chi connectivity index (χ1) is 8.88. The Morgan fingerprint density at radius 1 is 0.895 bits per heavy atom. The van der Waals surface area contributed by atoms with Crippen molar-refractivity contribution in [2.24, 2.45) is 0 Å². The summed E-state index contributed by atoms with van der Waals surface area (Å²) in [4.78, 5) is 4.95. The quantitative estimate of drug-likeness (QED) is 0.542. The fourth-order valence-corrected chi connectivity index (χ4v) is 11.1. The molecule has 0 radical (unpaired) electrons. The van der Waals surface area contributed by atoms with E-state index < -0.39 is 21.4 Å². The van der Waals surface area contributed by atoms with Crippen molar-refractivity contribution in [3.05, 3.63) is 0 Å². The van der Waals surface area contributed by atoms with Crippen LogP contribution in [0.3, 0.4) is 0 Å². The summed E-state index contributed by atoms with van der Waals surface area (Å²) in [6, 6.07) is 0.700. The molecule has 114 valence electrons. The molecular formula is C16H37InN2. The van der Waals surface area contributed by atoms with Crippen LogP contribution in [0.4, 0.5) is 0 Å². The number of rotatable bonds is 11. The van der Waals surface area contributed by atoms with Crippen LogP contribution < -0.4 is 0 Å². The van der Waals surface area contributed by atoms with E-state index >= 15 is 0 Å². The third-order valence-electron chi connectivity index (χ3n) is 4.56. The SMILES string of the molecule is CCN(C)CC[CH2][In]([CH2]CCN(C)C(C)C)[CH](C)C. The summed E-state index contributed by atoms with van der Waals surface area (Å²) < 4.78 is 4.25. The van der Waals surface area contributed by atoms with E-state index in [2.05, 4.69) is 58.5 Å². The van der Waals surface area contributed by atoms with Crippen molar-refractivity contribution in [3.8, 4) is 0 Å². The van der Waals surface area contributed by atoms with Gasteiger partial charge >= 0.3 is 130 Å². The van der Waals surface area contributed by atoms with Crippen LogP contribution in [0.1, 0.15) is 47.5 Å². The van der Waals surface area contributed by atoms with Crippen molar-refractivity contribution in [2.45, 2.75) is 65.5 Å². The molecule has 0 aliphatic heterocycles. The Balaban J connectivity index is 3.86. The van der Waals surface area contributed by atoms with E-state index in [4.69, 9.17) is 0 Å². The molecule has 0 aromatic heterocycles. The molecule has 0 fully saturated rings. The van der Waals surface area contributed by atoms with Gasteiger partial charge in [0, 0.05) is 0 Å². The van der Waals surface area contributed by atoms with Gasteiger partial charge in [0.1, 0.15) is 0 Å². The first-order valence-corrected chi connectivity index (χ1v) is 14.8. The maximum absolute atomic E-state index is 2.49. The topological polar surface area (TPSA) is 6.48 Å². The fraction of sp³-hybridized carbons (Fsp3) is 1.00. The van der Waals surface area contributed by atoms with Gasteiger partial charge in [-0.1, -0.05) is 0 Å². The van der Waals surface area contributed by atoms with Gasteiger partial charge in [0.15, 0.2) is 0 Å². The molecule has 0 aromatic rings. The Kier molecular flexibility index (Phi) is 11.9. The van der Waals surface area contributed by atoms with Crippen molar-refractivity contribution in [3.63, 3.8) is 0 Å². The van der Waals surface area contributed by atoms with Crippen LogP contribution in [0.25, 0.3) is 0 Å². The van der Waals surface area contributed by atoms with Crippen molar-refractivity contribution in [1.29, 1.82) is 0 Å². The Bertz CT molecular complexity index is 207. The second kappa shape index (κ2) is 11.4. The fourth-order valence-electron chi connectivity index (χ4n) is 2.45. The van der Waals surface area contributed by atoms with Gasteiger partial charge in [-0.15, -0.1) is 0 Å². The molecule has 0 aromatic carbocycles. The van der Waals surface area contributed by atoms with Gasteiger partial charge in [0.2, 0.25) is 0 Å². The first kappa shape index (κ1) is 19.8. The third-order valence-corrected chi connectivity index (χ3v) is 16.5. The summed E-state index contributed by atoms with van der Waals surface area (Å²) in [6.07, 6.45) is 2.89. The van der Waals surface area contributed by atoms with E-state index in [1.165, 1.54) is 32.5 Å². The van der Waals surface area contributed by atoms with Gasteiger partial charge < -0.3 is 0 Å². The zero-order chi connectivity index (χ0) is 14.8. The van der Waals surface area contributed by atoms with Gasteiger partial charge in [0.25, 0.3) is 0 Å². The van der Waals surface area contributed by atoms with Crippen LogP contribution in [-0.4, -0.2) is 71.0 Å². The molecule has 0 rings (SSSR count). The van der Waals surface area contributed by atoms with Gasteiger partial charge in [0.05, 0.1) is 0 Å². The molecule has 0 N–H and O–H groups in total. The van der Waals surface area contributed by atoms with Crippen LogP contribution >= 0.6 is 0 Å². The average molecular weight is 372 g/mol. The van der Waals surface area contributed by atoms with Crippen LogP contribution in [-0.2, 0) is 0 Å². The van der Waals surface area contributed by atoms with Crippen LogP contribution in [0.5, 0.6) is 0 Å². The number of hydrogen-bond donors (Lipinski definition) is 0. The summed E-state index contributed by atoms with van der Waals surface area (Å²) in [6.45, 7) is 15.6. The summed E-state index contributed by atoms with van der Waals surface area (Å²) in [5, 5.41) is 0. The standard InChI is InChI=1S/C7H16N.C6H14N.C3H7.In/c1-5-6-8(4)7(2)3;1-4-6-7(3)5-2;1-3-2;/h7H,1,5-6H2,2-4H3;1,4-6H2,2-3H3;3H,1-2H3;. The molecule has 0 unspecified atom stereocenters. The van der Waals surface area contributed by atoms with Crippen LogP contribution in [0.15, 0.2) is 0 Å². The van der Waals surface area contributed by atoms with Crippen molar-refractivity contribution < 1.29 is 0 Å². The monoisotopic (exact) mass is 372 g/mol. The summed E-state index contributed by atoms with van der Waals surface area (Å²) >= 11 is -1.25. The Morgan fingerprint density at radius 3 is 1.84 bits per heavy atom. The zero-order valence-electron chi connectivity index (χ0n) is 14.6. The summed E-state index contributed by atoms with van der Waals surface area (Å²) in [5.74, 6) is 0. The molecule has 0 aliphatic carbocycles. The van der Waals surface area contributed by atoms with E-state index in [9.17, 15) is 0 Å². The van der Waals surface area contributed by atoms with Crippen molar-refractivity contribution >= 4 is 21.4 Å². The number of hydrogen-bond acceptors (Lipinski definition) is 2. The summed E-state index contributed by atoms with van der Waals surface area (Å²) in [5.41, 5.74) is 0. The van der Waals surface area contributed by atoms with E-state index in [0.29, 0.717) is 6.04 Å². The van der Waals surface area contributed by atoms with Crippen LogP contribution in [0.2, 0.25) is 12.0 Å². The second-order valence-corrected chi connectivity index (χ2v) is 18.2. The molecule has 0 aliphatic rings. The molecule has 2 nitrogen and oxygen atoms in total. The van der Waals surface area contributed by atoms with Crippen molar-refractivity contribution in [2.75, 3.05) is 33.7 Å². The predicted octanol–water partition coefficient (Wildman–Crippen LogP) is 3.96.